The molecular formula is C13H21N3. The minimum atomic E-state index is 0.548. The van der Waals surface area contributed by atoms with Gasteiger partial charge in [-0.3, -0.25) is 4.68 Å². The lowest BCUT2D eigenvalue weighted by molar-refractivity contribution is 0.322. The summed E-state index contributed by atoms with van der Waals surface area (Å²) in [5.41, 5.74) is 2.96. The molecule has 0 aliphatic heterocycles. The summed E-state index contributed by atoms with van der Waals surface area (Å²) in [6.45, 7) is 0. The second kappa shape index (κ2) is 4.21. The lowest BCUT2D eigenvalue weighted by Gasteiger charge is -2.23. The van der Waals surface area contributed by atoms with E-state index in [0.717, 1.165) is 0 Å². The summed E-state index contributed by atoms with van der Waals surface area (Å²) in [4.78, 5) is 0. The zero-order chi connectivity index (χ0) is 11.0. The van der Waals surface area contributed by atoms with Crippen LogP contribution in [0.25, 0.3) is 0 Å². The van der Waals surface area contributed by atoms with Crippen molar-refractivity contribution >= 4 is 0 Å². The molecule has 1 aromatic rings. The molecule has 0 amide bonds. The van der Waals surface area contributed by atoms with Gasteiger partial charge in [-0.15, -0.1) is 0 Å². The van der Waals surface area contributed by atoms with E-state index in [1.807, 2.05) is 0 Å². The fourth-order valence-corrected chi connectivity index (χ4v) is 3.33. The van der Waals surface area contributed by atoms with E-state index < -0.39 is 0 Å². The van der Waals surface area contributed by atoms with Crippen LogP contribution in [0, 0.1) is 0 Å². The molecule has 1 fully saturated rings. The molecule has 0 aromatic carbocycles. The van der Waals surface area contributed by atoms with Crippen molar-refractivity contribution in [3.8, 4) is 0 Å². The van der Waals surface area contributed by atoms with E-state index in [9.17, 15) is 0 Å². The van der Waals surface area contributed by atoms with Crippen LogP contribution >= 0.6 is 0 Å². The maximum Gasteiger partial charge on any atom is 0.0540 e. The van der Waals surface area contributed by atoms with Crippen LogP contribution in [0.2, 0.25) is 0 Å². The first kappa shape index (κ1) is 10.3. The zero-order valence-corrected chi connectivity index (χ0v) is 10.1. The number of nitrogens with one attached hydrogen (secondary N) is 1. The van der Waals surface area contributed by atoms with Crippen LogP contribution in [0.1, 0.15) is 61.9 Å². The Morgan fingerprint density at radius 2 is 2.06 bits per heavy atom. The zero-order valence-electron chi connectivity index (χ0n) is 10.1. The van der Waals surface area contributed by atoms with Gasteiger partial charge in [-0.25, -0.2) is 0 Å². The SMILES string of the molecule is CN[C@H]1CCc2c1cnn2C1CCCCC1. The van der Waals surface area contributed by atoms with Gasteiger partial charge in [0.15, 0.2) is 0 Å². The highest BCUT2D eigenvalue weighted by molar-refractivity contribution is 5.27. The third-order valence-electron chi connectivity index (χ3n) is 4.25. The van der Waals surface area contributed by atoms with Crippen LogP contribution < -0.4 is 5.32 Å². The molecule has 0 spiro atoms. The van der Waals surface area contributed by atoms with Crippen LogP contribution in [0.15, 0.2) is 6.20 Å². The summed E-state index contributed by atoms with van der Waals surface area (Å²) >= 11 is 0. The number of nitrogens with zero attached hydrogens (tertiary/aromatic N) is 2. The van der Waals surface area contributed by atoms with Crippen molar-refractivity contribution in [1.82, 2.24) is 15.1 Å². The van der Waals surface area contributed by atoms with E-state index in [1.165, 1.54) is 56.2 Å². The second-order valence-corrected chi connectivity index (χ2v) is 5.16. The van der Waals surface area contributed by atoms with Gasteiger partial charge in [0.2, 0.25) is 0 Å². The fourth-order valence-electron chi connectivity index (χ4n) is 3.33. The Kier molecular flexibility index (Phi) is 2.72. The highest BCUT2D eigenvalue weighted by Gasteiger charge is 2.28. The van der Waals surface area contributed by atoms with Crippen LogP contribution in [-0.2, 0) is 6.42 Å². The largest absolute Gasteiger partial charge is 0.313 e. The van der Waals surface area contributed by atoms with E-state index >= 15 is 0 Å². The Labute approximate surface area is 97.2 Å². The van der Waals surface area contributed by atoms with Crippen molar-refractivity contribution in [2.45, 2.75) is 57.0 Å². The smallest absolute Gasteiger partial charge is 0.0540 e. The summed E-state index contributed by atoms with van der Waals surface area (Å²) in [5, 5.41) is 8.02. The van der Waals surface area contributed by atoms with Gasteiger partial charge in [-0.2, -0.15) is 5.10 Å². The molecule has 3 rings (SSSR count). The second-order valence-electron chi connectivity index (χ2n) is 5.16. The van der Waals surface area contributed by atoms with Gasteiger partial charge in [0, 0.05) is 17.3 Å². The summed E-state index contributed by atoms with van der Waals surface area (Å²) in [5.74, 6) is 0. The quantitative estimate of drug-likeness (QED) is 0.828. The summed E-state index contributed by atoms with van der Waals surface area (Å²) in [7, 11) is 2.05. The Morgan fingerprint density at radius 3 is 2.81 bits per heavy atom. The molecule has 88 valence electrons. The Morgan fingerprint density at radius 1 is 1.25 bits per heavy atom. The van der Waals surface area contributed by atoms with E-state index in [4.69, 9.17) is 0 Å². The average molecular weight is 219 g/mol. The third-order valence-corrected chi connectivity index (χ3v) is 4.25. The maximum absolute atomic E-state index is 4.64. The monoisotopic (exact) mass is 219 g/mol. The van der Waals surface area contributed by atoms with Crippen molar-refractivity contribution in [2.24, 2.45) is 0 Å². The average Bonchev–Trinajstić information content (AvgIpc) is 2.90. The van der Waals surface area contributed by atoms with Gasteiger partial charge in [0.25, 0.3) is 0 Å². The molecule has 1 N–H and O–H groups in total. The third kappa shape index (κ3) is 1.58. The molecule has 0 unspecified atom stereocenters. The van der Waals surface area contributed by atoms with Gasteiger partial charge in [-0.05, 0) is 32.7 Å². The van der Waals surface area contributed by atoms with E-state index in [0.29, 0.717) is 12.1 Å². The molecule has 0 radical (unpaired) electrons. The van der Waals surface area contributed by atoms with Gasteiger partial charge < -0.3 is 5.32 Å². The first-order chi connectivity index (χ1) is 7.90. The predicted octanol–water partition coefficient (Wildman–Crippen LogP) is 2.60. The molecule has 2 aliphatic carbocycles. The molecule has 1 saturated carbocycles. The molecule has 16 heavy (non-hydrogen) atoms. The molecule has 0 bridgehead atoms. The molecule has 0 saturated heterocycles. The Bertz CT molecular complexity index is 363. The first-order valence-electron chi connectivity index (χ1n) is 6.63. The van der Waals surface area contributed by atoms with Crippen LogP contribution in [0.4, 0.5) is 0 Å². The van der Waals surface area contributed by atoms with Gasteiger partial charge in [0.05, 0.1) is 12.2 Å². The molecule has 1 heterocycles. The van der Waals surface area contributed by atoms with Crippen molar-refractivity contribution in [1.29, 1.82) is 0 Å². The lowest BCUT2D eigenvalue weighted by atomic mass is 9.95. The van der Waals surface area contributed by atoms with Crippen LogP contribution in [-0.4, -0.2) is 16.8 Å². The molecule has 2 aliphatic rings. The standard InChI is InChI=1S/C13H21N3/c1-14-12-7-8-13-11(12)9-15-16(13)10-5-3-2-4-6-10/h9-10,12,14H,2-8H2,1H3/t12-/m0/s1. The molecule has 3 heteroatoms. The summed E-state index contributed by atoms with van der Waals surface area (Å²) in [6.07, 6.45) is 11.4. The Hall–Kier alpha value is -0.830. The number of rotatable bonds is 2. The molecular weight excluding hydrogens is 198 g/mol. The maximum atomic E-state index is 4.64. The molecule has 1 aromatic heterocycles. The van der Waals surface area contributed by atoms with E-state index in [1.54, 1.807) is 0 Å². The van der Waals surface area contributed by atoms with E-state index in [2.05, 4.69) is 28.3 Å². The lowest BCUT2D eigenvalue weighted by Crippen LogP contribution is -2.16. The highest BCUT2D eigenvalue weighted by atomic mass is 15.3. The summed E-state index contributed by atoms with van der Waals surface area (Å²) < 4.78 is 2.34. The predicted molar refractivity (Wildman–Crippen MR) is 64.5 cm³/mol. The normalized spacial score (nSPS) is 25.9. The topological polar surface area (TPSA) is 29.9 Å². The summed E-state index contributed by atoms with van der Waals surface area (Å²) in [6, 6.07) is 1.24. The first-order valence-corrected chi connectivity index (χ1v) is 6.63. The minimum absolute atomic E-state index is 0.548. The van der Waals surface area contributed by atoms with Crippen molar-refractivity contribution in [3.63, 3.8) is 0 Å². The van der Waals surface area contributed by atoms with Gasteiger partial charge in [0.1, 0.15) is 0 Å². The minimum Gasteiger partial charge on any atom is -0.313 e. The van der Waals surface area contributed by atoms with Crippen LogP contribution in [0.3, 0.4) is 0 Å². The Balaban J connectivity index is 1.86. The van der Waals surface area contributed by atoms with Crippen molar-refractivity contribution in [2.75, 3.05) is 7.05 Å². The number of fused-ring (bicyclic) bond motifs is 1. The molecule has 1 atom stereocenters. The number of aromatic nitrogens is 2. The highest BCUT2D eigenvalue weighted by Crippen LogP contribution is 2.35. The van der Waals surface area contributed by atoms with Gasteiger partial charge >= 0.3 is 0 Å². The van der Waals surface area contributed by atoms with Gasteiger partial charge in [-0.1, -0.05) is 19.3 Å². The van der Waals surface area contributed by atoms with Crippen LogP contribution in [0.5, 0.6) is 0 Å². The van der Waals surface area contributed by atoms with Crippen molar-refractivity contribution < 1.29 is 0 Å². The number of hydrogen-bond donors (Lipinski definition) is 1. The molecule has 3 nitrogen and oxygen atoms in total. The number of hydrogen-bond acceptors (Lipinski definition) is 2. The van der Waals surface area contributed by atoms with Crippen molar-refractivity contribution in [3.05, 3.63) is 17.5 Å². The van der Waals surface area contributed by atoms with E-state index in [-0.39, 0.29) is 0 Å². The fraction of sp³-hybridized carbons (Fsp3) is 0.769.